The average Bonchev–Trinajstić information content (AvgIpc) is 3.15. The maximum atomic E-state index is 11.8. The van der Waals surface area contributed by atoms with E-state index in [0.29, 0.717) is 60.9 Å². The van der Waals surface area contributed by atoms with Gasteiger partial charge in [0.15, 0.2) is 11.6 Å². The van der Waals surface area contributed by atoms with Crippen LogP contribution < -0.4 is 19.5 Å². The number of nitriles is 1. The number of aromatic nitrogens is 1. The monoisotopic (exact) mass is 754 g/mol. The Balaban J connectivity index is 1.31. The SMILES string of the molecule is Cc1c(COc2cc(OCc3cncc(C#N)c3)c(CN[C@@](C)(CO)C(=O)O)cc2Cl)cccc1-c1cccc(OCCCN2CC(=O)CC(=O)C2)c1C. The van der Waals surface area contributed by atoms with Gasteiger partial charge in [-0.25, -0.2) is 0 Å². The molecule has 0 unspecified atom stereocenters. The second-order valence-electron chi connectivity index (χ2n) is 13.5. The number of pyridine rings is 1. The molecule has 54 heavy (non-hydrogen) atoms. The first kappa shape index (κ1) is 39.9. The first-order valence-corrected chi connectivity index (χ1v) is 17.9. The number of piperidine rings is 1. The van der Waals surface area contributed by atoms with Crippen molar-refractivity contribution in [2.75, 3.05) is 32.8 Å². The summed E-state index contributed by atoms with van der Waals surface area (Å²) >= 11 is 6.72. The molecule has 1 aliphatic heterocycles. The van der Waals surface area contributed by atoms with Gasteiger partial charge in [-0.05, 0) is 73.2 Å². The molecule has 1 atom stereocenters. The van der Waals surface area contributed by atoms with Crippen molar-refractivity contribution < 1.29 is 38.8 Å². The van der Waals surface area contributed by atoms with E-state index >= 15 is 0 Å². The van der Waals surface area contributed by atoms with E-state index in [4.69, 9.17) is 25.8 Å². The van der Waals surface area contributed by atoms with Crippen molar-refractivity contribution in [3.8, 4) is 34.4 Å². The lowest BCUT2D eigenvalue weighted by Gasteiger charge is -2.25. The minimum Gasteiger partial charge on any atom is -0.493 e. The highest BCUT2D eigenvalue weighted by Crippen LogP contribution is 2.36. The van der Waals surface area contributed by atoms with Crippen LogP contribution in [0.4, 0.5) is 0 Å². The molecule has 0 spiro atoms. The van der Waals surface area contributed by atoms with Crippen LogP contribution in [0.2, 0.25) is 5.02 Å². The van der Waals surface area contributed by atoms with Crippen molar-refractivity contribution in [1.29, 1.82) is 5.26 Å². The molecule has 13 heteroatoms. The van der Waals surface area contributed by atoms with Crippen LogP contribution in [0.5, 0.6) is 17.2 Å². The molecule has 0 amide bonds. The van der Waals surface area contributed by atoms with Crippen LogP contribution in [-0.4, -0.2) is 76.0 Å². The highest BCUT2D eigenvalue weighted by molar-refractivity contribution is 6.32. The van der Waals surface area contributed by atoms with Crippen LogP contribution >= 0.6 is 11.6 Å². The number of benzene rings is 3. The van der Waals surface area contributed by atoms with Crippen molar-refractivity contribution in [3.05, 3.63) is 105 Å². The summed E-state index contributed by atoms with van der Waals surface area (Å²) in [6, 6.07) is 18.9. The predicted octanol–water partition coefficient (Wildman–Crippen LogP) is 5.59. The minimum absolute atomic E-state index is 0.0128. The van der Waals surface area contributed by atoms with Gasteiger partial charge in [-0.15, -0.1) is 0 Å². The number of hydrogen-bond donors (Lipinski definition) is 3. The Morgan fingerprint density at radius 3 is 2.35 bits per heavy atom. The Hall–Kier alpha value is -5.32. The number of aliphatic hydroxyl groups excluding tert-OH is 1. The number of nitrogens with one attached hydrogen (secondary N) is 1. The van der Waals surface area contributed by atoms with Crippen molar-refractivity contribution in [2.45, 2.75) is 58.9 Å². The zero-order valence-corrected chi connectivity index (χ0v) is 31.2. The predicted molar refractivity (Wildman–Crippen MR) is 202 cm³/mol. The number of carbonyl (C=O) groups excluding carboxylic acids is 2. The Kier molecular flexibility index (Phi) is 13.4. The van der Waals surface area contributed by atoms with E-state index in [0.717, 1.165) is 33.6 Å². The summed E-state index contributed by atoms with van der Waals surface area (Å²) in [7, 11) is 0. The van der Waals surface area contributed by atoms with Gasteiger partial charge in [0.05, 0.1) is 43.3 Å². The molecular weight excluding hydrogens is 712 g/mol. The molecule has 1 aliphatic rings. The molecule has 3 N–H and O–H groups in total. The molecule has 2 heterocycles. The number of Topliss-reactive ketones (excluding diaryl/α,β-unsaturated/α-hetero) is 2. The standard InChI is InChI=1S/C41H43ClN4O8/c1-26-30(7-4-8-34(26)35-9-5-10-37(27(35)2)52-12-6-11-46-21-32(48)15-33(49)22-46)24-54-39-16-38(53-23-29-13-28(17-43)18-44-19-29)31(14-36(39)42)20-45-41(3,25-47)40(50)51/h4-5,7-10,13-14,16,18-19,45,47H,6,11-12,15,20-25H2,1-3H3,(H,50,51)/t41-/m0/s1. The largest absolute Gasteiger partial charge is 0.493 e. The summed E-state index contributed by atoms with van der Waals surface area (Å²) in [5.41, 5.74) is 4.90. The smallest absolute Gasteiger partial charge is 0.326 e. The minimum atomic E-state index is -1.60. The molecule has 0 aliphatic carbocycles. The number of carboxylic acids is 1. The number of ketones is 2. The number of hydrogen-bond acceptors (Lipinski definition) is 11. The van der Waals surface area contributed by atoms with Gasteiger partial charge < -0.3 is 24.4 Å². The molecule has 282 valence electrons. The second-order valence-corrected chi connectivity index (χ2v) is 13.9. The Morgan fingerprint density at radius 2 is 1.65 bits per heavy atom. The number of aliphatic carboxylic acids is 1. The van der Waals surface area contributed by atoms with Crippen molar-refractivity contribution in [3.63, 3.8) is 0 Å². The number of nitrogens with zero attached hydrogens (tertiary/aromatic N) is 3. The molecule has 4 aromatic rings. The normalized spacial score (nSPS) is 14.3. The number of aliphatic hydroxyl groups is 1. The summed E-state index contributed by atoms with van der Waals surface area (Å²) in [5.74, 6) is 0.171. The molecule has 0 bridgehead atoms. The van der Waals surface area contributed by atoms with Gasteiger partial charge in [0.1, 0.15) is 42.1 Å². The second kappa shape index (κ2) is 18.1. The van der Waals surface area contributed by atoms with E-state index in [1.165, 1.54) is 13.1 Å². The molecule has 1 aromatic heterocycles. The maximum Gasteiger partial charge on any atom is 0.326 e. The third kappa shape index (κ3) is 10.0. The van der Waals surface area contributed by atoms with E-state index in [2.05, 4.69) is 16.4 Å². The van der Waals surface area contributed by atoms with Crippen LogP contribution in [0.3, 0.4) is 0 Å². The zero-order chi connectivity index (χ0) is 38.8. The molecule has 1 saturated heterocycles. The van der Waals surface area contributed by atoms with Crippen LogP contribution in [-0.2, 0) is 34.1 Å². The van der Waals surface area contributed by atoms with Crippen LogP contribution in [0.25, 0.3) is 11.1 Å². The van der Waals surface area contributed by atoms with Crippen molar-refractivity contribution in [1.82, 2.24) is 15.2 Å². The number of ether oxygens (including phenoxy) is 3. The number of rotatable bonds is 17. The van der Waals surface area contributed by atoms with Crippen molar-refractivity contribution >= 4 is 29.1 Å². The van der Waals surface area contributed by atoms with E-state index in [-0.39, 0.29) is 42.8 Å². The summed E-state index contributed by atoms with van der Waals surface area (Å²) in [4.78, 5) is 41.3. The topological polar surface area (TPSA) is 171 Å². The van der Waals surface area contributed by atoms with Gasteiger partial charge in [-0.3, -0.25) is 29.6 Å². The quantitative estimate of drug-likeness (QED) is 0.0904. The van der Waals surface area contributed by atoms with Crippen LogP contribution in [0.15, 0.2) is 67.0 Å². The molecule has 0 radical (unpaired) electrons. The third-order valence-corrected chi connectivity index (χ3v) is 9.66. The first-order chi connectivity index (χ1) is 25.9. The average molecular weight is 755 g/mol. The highest BCUT2D eigenvalue weighted by atomic mass is 35.5. The van der Waals surface area contributed by atoms with Gasteiger partial charge in [0.25, 0.3) is 0 Å². The van der Waals surface area contributed by atoms with Gasteiger partial charge in [0.2, 0.25) is 0 Å². The Labute approximate surface area is 319 Å². The fraction of sp³-hybridized carbons (Fsp3) is 0.341. The van der Waals surface area contributed by atoms with Gasteiger partial charge in [-0.1, -0.05) is 41.9 Å². The molecular formula is C41H43ClN4O8. The maximum absolute atomic E-state index is 11.8. The lowest BCUT2D eigenvalue weighted by atomic mass is 9.93. The summed E-state index contributed by atoms with van der Waals surface area (Å²) in [6.07, 6.45) is 3.75. The lowest BCUT2D eigenvalue weighted by molar-refractivity contribution is -0.146. The molecule has 12 nitrogen and oxygen atoms in total. The molecule has 1 fully saturated rings. The lowest BCUT2D eigenvalue weighted by Crippen LogP contribution is -2.52. The summed E-state index contributed by atoms with van der Waals surface area (Å²) < 4.78 is 18.6. The molecule has 3 aromatic carbocycles. The van der Waals surface area contributed by atoms with E-state index in [1.54, 1.807) is 24.4 Å². The first-order valence-electron chi connectivity index (χ1n) is 17.5. The van der Waals surface area contributed by atoms with Crippen LogP contribution in [0.1, 0.15) is 53.1 Å². The summed E-state index contributed by atoms with van der Waals surface area (Å²) in [5, 5.41) is 31.8. The fourth-order valence-electron chi connectivity index (χ4n) is 6.10. The van der Waals surface area contributed by atoms with Crippen molar-refractivity contribution in [2.24, 2.45) is 0 Å². The number of halogens is 1. The molecule has 5 rings (SSSR count). The van der Waals surface area contributed by atoms with E-state index in [9.17, 15) is 29.9 Å². The number of carboxylic acid groups (broad SMARTS) is 1. The number of likely N-dealkylation sites (tertiary alicyclic amines) is 1. The van der Waals surface area contributed by atoms with E-state index < -0.39 is 18.1 Å². The Morgan fingerprint density at radius 1 is 0.944 bits per heavy atom. The highest BCUT2D eigenvalue weighted by Gasteiger charge is 2.32. The zero-order valence-electron chi connectivity index (χ0n) is 30.5. The summed E-state index contributed by atoms with van der Waals surface area (Å²) in [6.45, 7) is 6.71. The van der Waals surface area contributed by atoms with E-state index in [1.807, 2.05) is 55.1 Å². The Bertz CT molecular complexity index is 2050. The van der Waals surface area contributed by atoms with Gasteiger partial charge >= 0.3 is 5.97 Å². The number of carbonyl (C=O) groups is 3. The van der Waals surface area contributed by atoms with Gasteiger partial charge in [-0.2, -0.15) is 5.26 Å². The fourth-order valence-corrected chi connectivity index (χ4v) is 6.34. The van der Waals surface area contributed by atoms with Crippen LogP contribution in [0, 0.1) is 25.2 Å². The third-order valence-electron chi connectivity index (χ3n) is 9.36. The van der Waals surface area contributed by atoms with Gasteiger partial charge in [0, 0.05) is 42.7 Å². The molecule has 0 saturated carbocycles.